The second-order valence-electron chi connectivity index (χ2n) is 0.0833. The topological polar surface area (TPSA) is 54.0 Å². The monoisotopic (exact) mass is 104 g/mol. The molecule has 0 fully saturated rings. The van der Waals surface area contributed by atoms with Crippen molar-refractivity contribution in [3.05, 3.63) is 6.65 Å². The van der Waals surface area contributed by atoms with Crippen LogP contribution in [0.3, 0.4) is 0 Å². The van der Waals surface area contributed by atoms with Gasteiger partial charge < -0.3 is 0 Å². The van der Waals surface area contributed by atoms with Crippen LogP contribution in [0.1, 0.15) is 14.9 Å². The Kier molecular flexibility index (Phi) is 30800. The van der Waals surface area contributed by atoms with Gasteiger partial charge in [-0.2, -0.15) is 9.59 Å². The Morgan fingerprint density at radius 2 is 1.14 bits per heavy atom. The van der Waals surface area contributed by atoms with Crippen LogP contribution < -0.4 is 0 Å². The molecule has 0 unspecified atom stereocenters. The molecule has 0 saturated carbocycles. The van der Waals surface area contributed by atoms with E-state index in [1.165, 1.54) is 0 Å². The van der Waals surface area contributed by atoms with E-state index in [1.807, 2.05) is 0 Å². The number of hydrogen-bond acceptors (Lipinski definition) is 2. The first kappa shape index (κ1) is 35.7. The van der Waals surface area contributed by atoms with E-state index in [0.29, 0.717) is 0 Å². The predicted octanol–water partition coefficient (Wildman–Crippen LogP) is 0.651. The predicted molar refractivity (Wildman–Crippen MR) is 22.4 cm³/mol. The molecule has 0 radical (unpaired) electrons. The molecule has 3 heteroatoms. The molecule has 0 spiro atoms. The van der Waals surface area contributed by atoms with Gasteiger partial charge in [0.15, 0.2) is 0 Å². The molecule has 0 amide bonds. The maximum atomic E-state index is 8.12. The Morgan fingerprint density at radius 1 is 1.14 bits per heavy atom. The molecular weight excluding hydrogens is 96.0 g/mol. The molecule has 0 aliphatic carbocycles. The summed E-state index contributed by atoms with van der Waals surface area (Å²) in [5, 5.41) is 0. The van der Waals surface area contributed by atoms with Crippen molar-refractivity contribution in [1.29, 1.82) is 0 Å². The summed E-state index contributed by atoms with van der Waals surface area (Å²) in [7, 11) is 0. The quantitative estimate of drug-likeness (QED) is 0.334. The third-order valence-electron chi connectivity index (χ3n) is 0. The van der Waals surface area contributed by atoms with Gasteiger partial charge in [0.2, 0.25) is 0 Å². The fraction of sp³-hybridized carbons (Fsp3) is 0.500. The summed E-state index contributed by atoms with van der Waals surface area (Å²) in [5.41, 5.74) is 0. The van der Waals surface area contributed by atoms with Gasteiger partial charge in [-0.3, -0.25) is 0 Å². The van der Waals surface area contributed by atoms with E-state index in [4.69, 9.17) is 14.2 Å². The van der Waals surface area contributed by atoms with Gasteiger partial charge in [-0.25, -0.2) is 0 Å². The van der Waals surface area contributed by atoms with Gasteiger partial charge in [0.05, 0.1) is 0 Å². The standard InChI is InChI=1S/CO2.CO.2CH4/c2-1-3;1-2;;/h;;2*1H4. The van der Waals surface area contributed by atoms with Gasteiger partial charge in [0, 0.05) is 0 Å². The van der Waals surface area contributed by atoms with Gasteiger partial charge in [0.1, 0.15) is 0 Å². The Bertz CT molecular complexity index is 49.2. The first-order valence-corrected chi connectivity index (χ1v) is 0.612. The van der Waals surface area contributed by atoms with Gasteiger partial charge in [-0.15, -0.1) is 0 Å². The Hall–Kier alpha value is -0.880. The molecule has 0 atom stereocenters. The van der Waals surface area contributed by atoms with Crippen molar-refractivity contribution >= 4 is 6.15 Å². The van der Waals surface area contributed by atoms with E-state index in [2.05, 4.69) is 6.65 Å². The average molecular weight is 104 g/mol. The zero-order valence-corrected chi connectivity index (χ0v) is 2.22. The van der Waals surface area contributed by atoms with Crippen molar-refractivity contribution in [3.8, 4) is 0 Å². The summed E-state index contributed by atoms with van der Waals surface area (Å²) in [6, 6.07) is 0. The van der Waals surface area contributed by atoms with E-state index >= 15 is 0 Å². The van der Waals surface area contributed by atoms with Gasteiger partial charge >= 0.3 is 17.5 Å². The van der Waals surface area contributed by atoms with Crippen molar-refractivity contribution in [3.63, 3.8) is 0 Å². The van der Waals surface area contributed by atoms with E-state index in [1.54, 1.807) is 0 Å². The summed E-state index contributed by atoms with van der Waals surface area (Å²) in [6.07, 6.45) is 0.250. The maximum absolute atomic E-state index is 8.12. The summed E-state index contributed by atoms with van der Waals surface area (Å²) < 4.78 is 7.50. The first-order chi connectivity index (χ1) is 2.41. The Morgan fingerprint density at radius 3 is 1.14 bits per heavy atom. The molecule has 0 N–H and O–H groups in total. The fourth-order valence-electron chi connectivity index (χ4n) is 0. The second kappa shape index (κ2) is 6040. The van der Waals surface area contributed by atoms with Crippen LogP contribution in [-0.2, 0) is 14.2 Å². The van der Waals surface area contributed by atoms with E-state index in [-0.39, 0.29) is 21.0 Å². The summed E-state index contributed by atoms with van der Waals surface area (Å²) in [4.78, 5) is 16.2. The molecule has 0 bridgehead atoms. The Balaban J connectivity index is -0.0000000105. The summed E-state index contributed by atoms with van der Waals surface area (Å²) in [6.45, 7) is 4.50. The Labute approximate surface area is 43.1 Å². The number of hydrogen-bond donors (Lipinski definition) is 0. The minimum absolute atomic E-state index is 0. The van der Waals surface area contributed by atoms with Crippen molar-refractivity contribution in [1.82, 2.24) is 0 Å². The average Bonchev–Trinajstić information content (AvgIpc) is 1.46. The third kappa shape index (κ3) is 64.4. The molecule has 0 aromatic heterocycles. The molecule has 0 aromatic carbocycles. The third-order valence-corrected chi connectivity index (χ3v) is 0. The van der Waals surface area contributed by atoms with E-state index in [0.717, 1.165) is 0 Å². The zero-order chi connectivity index (χ0) is 4.71. The van der Waals surface area contributed by atoms with E-state index < -0.39 is 0 Å². The fourth-order valence-corrected chi connectivity index (χ4v) is 0. The van der Waals surface area contributed by atoms with Crippen LogP contribution >= 0.6 is 0 Å². The molecule has 0 aromatic rings. The molecule has 3 nitrogen and oxygen atoms in total. The molecule has 0 rings (SSSR count). The van der Waals surface area contributed by atoms with Crippen LogP contribution in [0.15, 0.2) is 0 Å². The van der Waals surface area contributed by atoms with Gasteiger partial charge in [0.25, 0.3) is 0 Å². The molecule has 0 aliphatic heterocycles. The SMILES string of the molecule is C.C.O=C=O.[C-]#[O+]. The molecule has 7 heavy (non-hydrogen) atoms. The number of carbonyl (C=O) groups excluding carboxylic acids is 2. The van der Waals surface area contributed by atoms with Crippen LogP contribution in [0, 0.1) is 6.65 Å². The zero-order valence-electron chi connectivity index (χ0n) is 2.22. The van der Waals surface area contributed by atoms with Crippen LogP contribution in [0.2, 0.25) is 0 Å². The van der Waals surface area contributed by atoms with Crippen LogP contribution in [0.5, 0.6) is 0 Å². The van der Waals surface area contributed by atoms with Crippen molar-refractivity contribution < 1.29 is 14.2 Å². The van der Waals surface area contributed by atoms with Crippen LogP contribution in [0.25, 0.3) is 0 Å². The molecule has 42 valence electrons. The second-order valence-corrected chi connectivity index (χ2v) is 0.0833. The van der Waals surface area contributed by atoms with Crippen LogP contribution in [0.4, 0.5) is 0 Å². The molecule has 0 saturated heterocycles. The normalized spacial score (nSPS) is 1.43. The van der Waals surface area contributed by atoms with Gasteiger partial charge in [-0.1, -0.05) is 14.9 Å². The van der Waals surface area contributed by atoms with Crippen molar-refractivity contribution in [2.45, 2.75) is 14.9 Å². The van der Waals surface area contributed by atoms with Crippen molar-refractivity contribution in [2.75, 3.05) is 0 Å². The minimum atomic E-state index is 0. The number of rotatable bonds is 0. The van der Waals surface area contributed by atoms with Gasteiger partial charge in [-0.05, 0) is 0 Å². The summed E-state index contributed by atoms with van der Waals surface area (Å²) in [5.74, 6) is 0. The van der Waals surface area contributed by atoms with Crippen LogP contribution in [-0.4, -0.2) is 6.15 Å². The molecule has 0 heterocycles. The molecule has 0 aliphatic rings. The summed E-state index contributed by atoms with van der Waals surface area (Å²) >= 11 is 0. The molecular formula is C4H8O3. The van der Waals surface area contributed by atoms with E-state index in [9.17, 15) is 0 Å². The first-order valence-electron chi connectivity index (χ1n) is 0.612. The van der Waals surface area contributed by atoms with Crippen molar-refractivity contribution in [2.24, 2.45) is 0 Å².